The lowest BCUT2D eigenvalue weighted by Crippen LogP contribution is -2.54. The Morgan fingerprint density at radius 2 is 2.11 bits per heavy atom. The first kappa shape index (κ1) is 19.5. The number of carbonyl (C=O) groups excluding carboxylic acids is 1. The molecule has 2 fully saturated rings. The molecule has 0 atom stereocenters. The summed E-state index contributed by atoms with van der Waals surface area (Å²) in [4.78, 5) is 16.1. The van der Waals surface area contributed by atoms with E-state index in [-0.39, 0.29) is 17.9 Å². The van der Waals surface area contributed by atoms with Gasteiger partial charge in [0.05, 0.1) is 11.1 Å². The average Bonchev–Trinajstić information content (AvgIpc) is 3.31. The number of rotatable bonds is 6. The van der Waals surface area contributed by atoms with E-state index in [2.05, 4.69) is 51.9 Å². The number of aryl methyl sites for hydroxylation is 1. The number of aromatic nitrogens is 4. The molecular weight excluding hydrogens is 372 g/mol. The molecule has 0 aromatic carbocycles. The first-order valence-corrected chi connectivity index (χ1v) is 11.1. The van der Waals surface area contributed by atoms with Crippen LogP contribution >= 0.6 is 11.5 Å². The third-order valence-corrected chi connectivity index (χ3v) is 7.31. The van der Waals surface area contributed by atoms with Crippen LogP contribution in [-0.2, 0) is 13.1 Å². The van der Waals surface area contributed by atoms with Crippen LogP contribution in [0.2, 0.25) is 0 Å². The average molecular weight is 403 g/mol. The highest BCUT2D eigenvalue weighted by Gasteiger charge is 2.46. The maximum absolute atomic E-state index is 12.6. The van der Waals surface area contributed by atoms with Gasteiger partial charge in [-0.05, 0) is 68.6 Å². The van der Waals surface area contributed by atoms with Gasteiger partial charge in [0, 0.05) is 30.9 Å². The third kappa shape index (κ3) is 3.98. The van der Waals surface area contributed by atoms with Crippen LogP contribution in [0, 0.1) is 5.41 Å². The monoisotopic (exact) mass is 402 g/mol. The minimum Gasteiger partial charge on any atom is -0.348 e. The van der Waals surface area contributed by atoms with Crippen molar-refractivity contribution in [1.29, 1.82) is 0 Å². The van der Waals surface area contributed by atoms with Crippen molar-refractivity contribution >= 4 is 17.4 Å². The van der Waals surface area contributed by atoms with Crippen LogP contribution < -0.4 is 5.32 Å². The fraction of sp³-hybridized carbons (Fsp3) is 0.700. The predicted molar refractivity (Wildman–Crippen MR) is 109 cm³/mol. The van der Waals surface area contributed by atoms with Crippen molar-refractivity contribution in [1.82, 2.24) is 29.6 Å². The van der Waals surface area contributed by atoms with E-state index in [0.29, 0.717) is 11.1 Å². The Kier molecular flexibility index (Phi) is 5.51. The second kappa shape index (κ2) is 7.91. The summed E-state index contributed by atoms with van der Waals surface area (Å²) in [6.45, 7) is 10.4. The zero-order valence-electron chi connectivity index (χ0n) is 17.0. The molecule has 28 heavy (non-hydrogen) atoms. The van der Waals surface area contributed by atoms with E-state index >= 15 is 0 Å². The van der Waals surface area contributed by atoms with Crippen LogP contribution in [-0.4, -0.2) is 49.3 Å². The zero-order valence-corrected chi connectivity index (χ0v) is 17.8. The number of hydrogen-bond acceptors (Lipinski definition) is 6. The summed E-state index contributed by atoms with van der Waals surface area (Å²) in [5, 5.41) is 11.6. The van der Waals surface area contributed by atoms with E-state index in [0.717, 1.165) is 43.9 Å². The minimum atomic E-state index is -0.0531. The van der Waals surface area contributed by atoms with E-state index in [4.69, 9.17) is 0 Å². The molecule has 152 valence electrons. The number of likely N-dealkylation sites (tertiary alicyclic amines) is 1. The molecule has 1 N–H and O–H groups in total. The molecule has 8 heteroatoms. The summed E-state index contributed by atoms with van der Waals surface area (Å²) < 4.78 is 5.96. The first-order chi connectivity index (χ1) is 13.5. The molecule has 1 aliphatic carbocycles. The molecule has 1 saturated heterocycles. The summed E-state index contributed by atoms with van der Waals surface area (Å²) in [5.74, 6) is 0.227. The van der Waals surface area contributed by atoms with Gasteiger partial charge < -0.3 is 5.32 Å². The van der Waals surface area contributed by atoms with E-state index in [1.807, 2.05) is 10.9 Å². The third-order valence-electron chi connectivity index (χ3n) is 6.28. The maximum atomic E-state index is 12.6. The van der Waals surface area contributed by atoms with Gasteiger partial charge in [-0.25, -0.2) is 0 Å². The van der Waals surface area contributed by atoms with E-state index < -0.39 is 0 Å². The van der Waals surface area contributed by atoms with Gasteiger partial charge in [0.1, 0.15) is 0 Å². The normalized spacial score (nSPS) is 19.9. The molecular formula is C20H30N6OS. The van der Waals surface area contributed by atoms with Gasteiger partial charge in [-0.3, -0.25) is 14.4 Å². The van der Waals surface area contributed by atoms with E-state index in [9.17, 15) is 4.79 Å². The zero-order chi connectivity index (χ0) is 19.7. The van der Waals surface area contributed by atoms with Gasteiger partial charge in [0.2, 0.25) is 0 Å². The lowest BCUT2D eigenvalue weighted by atomic mass is 9.60. The topological polar surface area (TPSA) is 75.9 Å². The lowest BCUT2D eigenvalue weighted by Gasteiger charge is -2.52. The smallest absolute Gasteiger partial charge is 0.273 e. The van der Waals surface area contributed by atoms with Crippen molar-refractivity contribution in [2.45, 2.75) is 71.5 Å². The number of piperidine rings is 1. The number of carbonyl (C=O) groups is 1. The molecule has 2 aromatic rings. The van der Waals surface area contributed by atoms with Gasteiger partial charge in [-0.2, -0.15) is 5.10 Å². The van der Waals surface area contributed by atoms with Crippen LogP contribution in [0.5, 0.6) is 0 Å². The standard InChI is InChI=1S/C20H30N6OS/c1-4-26-13-15(11-21-26)12-25-7-5-20(6-8-25)9-16(10-20)22-19(27)17-18(14(2)3)28-24-23-17/h11,13-14,16H,4-10,12H2,1-3H3,(H,22,27). The van der Waals surface area contributed by atoms with Gasteiger partial charge in [-0.15, -0.1) is 5.10 Å². The van der Waals surface area contributed by atoms with Gasteiger partial charge in [-0.1, -0.05) is 18.3 Å². The molecule has 3 heterocycles. The van der Waals surface area contributed by atoms with Gasteiger partial charge in [0.15, 0.2) is 5.69 Å². The fourth-order valence-corrected chi connectivity index (χ4v) is 5.23. The van der Waals surface area contributed by atoms with Crippen LogP contribution in [0.3, 0.4) is 0 Å². The Morgan fingerprint density at radius 3 is 2.75 bits per heavy atom. The van der Waals surface area contributed by atoms with Crippen molar-refractivity contribution in [2.24, 2.45) is 5.41 Å². The SMILES string of the molecule is CCn1cc(CN2CCC3(CC2)CC(NC(=O)c2nnsc2C(C)C)C3)cn1. The molecule has 1 aliphatic heterocycles. The number of nitrogens with zero attached hydrogens (tertiary/aromatic N) is 5. The Labute approximate surface area is 170 Å². The molecule has 0 bridgehead atoms. The molecule has 1 spiro atoms. The summed E-state index contributed by atoms with van der Waals surface area (Å²) in [6, 6.07) is 0.281. The Bertz CT molecular complexity index is 812. The Hall–Kier alpha value is -1.80. The highest BCUT2D eigenvalue weighted by Crippen LogP contribution is 2.49. The van der Waals surface area contributed by atoms with Crippen LogP contribution in [0.15, 0.2) is 12.4 Å². The van der Waals surface area contributed by atoms with Crippen LogP contribution in [0.25, 0.3) is 0 Å². The lowest BCUT2D eigenvalue weighted by molar-refractivity contribution is 0.00459. The van der Waals surface area contributed by atoms with Crippen molar-refractivity contribution in [3.63, 3.8) is 0 Å². The Morgan fingerprint density at radius 1 is 1.36 bits per heavy atom. The van der Waals surface area contributed by atoms with Gasteiger partial charge in [0.25, 0.3) is 5.91 Å². The first-order valence-electron chi connectivity index (χ1n) is 10.3. The molecule has 1 amide bonds. The van der Waals surface area contributed by atoms with E-state index in [1.165, 1.54) is 29.9 Å². The summed E-state index contributed by atoms with van der Waals surface area (Å²) in [7, 11) is 0. The van der Waals surface area contributed by atoms with Crippen molar-refractivity contribution in [2.75, 3.05) is 13.1 Å². The molecule has 2 aliphatic rings. The molecule has 0 unspecified atom stereocenters. The van der Waals surface area contributed by atoms with Crippen molar-refractivity contribution in [3.8, 4) is 0 Å². The maximum Gasteiger partial charge on any atom is 0.273 e. The van der Waals surface area contributed by atoms with Gasteiger partial charge >= 0.3 is 0 Å². The molecule has 2 aromatic heterocycles. The highest BCUT2D eigenvalue weighted by molar-refractivity contribution is 7.05. The molecule has 1 saturated carbocycles. The van der Waals surface area contributed by atoms with Crippen molar-refractivity contribution < 1.29 is 4.79 Å². The molecule has 4 rings (SSSR count). The number of nitrogens with one attached hydrogen (secondary N) is 1. The number of hydrogen-bond donors (Lipinski definition) is 1. The van der Waals surface area contributed by atoms with Crippen LogP contribution in [0.4, 0.5) is 0 Å². The molecule has 0 radical (unpaired) electrons. The minimum absolute atomic E-state index is 0.0531. The fourth-order valence-electron chi connectivity index (χ4n) is 4.59. The van der Waals surface area contributed by atoms with E-state index in [1.54, 1.807) is 0 Å². The quantitative estimate of drug-likeness (QED) is 0.804. The highest BCUT2D eigenvalue weighted by atomic mass is 32.1. The predicted octanol–water partition coefficient (Wildman–Crippen LogP) is 3.05. The van der Waals surface area contributed by atoms with Crippen molar-refractivity contribution in [3.05, 3.63) is 28.5 Å². The Balaban J connectivity index is 1.24. The summed E-state index contributed by atoms with van der Waals surface area (Å²) >= 11 is 1.33. The second-order valence-electron chi connectivity index (χ2n) is 8.70. The second-order valence-corrected chi connectivity index (χ2v) is 9.49. The summed E-state index contributed by atoms with van der Waals surface area (Å²) in [5.41, 5.74) is 2.24. The summed E-state index contributed by atoms with van der Waals surface area (Å²) in [6.07, 6.45) is 8.76. The van der Waals surface area contributed by atoms with Crippen LogP contribution in [0.1, 0.15) is 73.3 Å². The largest absolute Gasteiger partial charge is 0.348 e. The molecule has 7 nitrogen and oxygen atoms in total. The number of amides is 1.